The Kier molecular flexibility index (Phi) is 3.76. The summed E-state index contributed by atoms with van der Waals surface area (Å²) in [6.07, 6.45) is 15.3. The van der Waals surface area contributed by atoms with Crippen LogP contribution in [0.4, 0.5) is 0 Å². The lowest BCUT2D eigenvalue weighted by Crippen LogP contribution is -2.07. The predicted molar refractivity (Wildman–Crippen MR) is 70.7 cm³/mol. The summed E-state index contributed by atoms with van der Waals surface area (Å²) in [5, 5.41) is 0. The third-order valence-electron chi connectivity index (χ3n) is 2.89. The van der Waals surface area contributed by atoms with Crippen molar-refractivity contribution in [2.24, 2.45) is 11.8 Å². The van der Waals surface area contributed by atoms with Gasteiger partial charge in [-0.25, -0.2) is 0 Å². The summed E-state index contributed by atoms with van der Waals surface area (Å²) in [6, 6.07) is 10.4. The van der Waals surface area contributed by atoms with Gasteiger partial charge in [0.05, 0.1) is 0 Å². The maximum absolute atomic E-state index is 2.28. The maximum atomic E-state index is 2.28. The van der Waals surface area contributed by atoms with Crippen LogP contribution in [0.2, 0.25) is 0 Å². The Balaban J connectivity index is 1.97. The highest BCUT2D eigenvalue weighted by atomic mass is 14.2. The molecule has 2 rings (SSSR count). The van der Waals surface area contributed by atoms with E-state index in [9.17, 15) is 0 Å². The van der Waals surface area contributed by atoms with Crippen LogP contribution in [0.1, 0.15) is 12.5 Å². The van der Waals surface area contributed by atoms with E-state index in [0.29, 0.717) is 11.8 Å². The van der Waals surface area contributed by atoms with Crippen LogP contribution >= 0.6 is 0 Å². The molecule has 0 aromatic heterocycles. The van der Waals surface area contributed by atoms with Crippen molar-refractivity contribution in [1.82, 2.24) is 0 Å². The van der Waals surface area contributed by atoms with Gasteiger partial charge in [0.1, 0.15) is 0 Å². The molecule has 2 atom stereocenters. The molecule has 0 saturated heterocycles. The Morgan fingerprint density at radius 2 is 1.88 bits per heavy atom. The average molecular weight is 209 g/mol. The summed E-state index contributed by atoms with van der Waals surface area (Å²) in [5.74, 6) is 1.08. The van der Waals surface area contributed by atoms with E-state index < -0.39 is 0 Å². The Morgan fingerprint density at radius 3 is 2.56 bits per heavy atom. The third-order valence-corrected chi connectivity index (χ3v) is 2.89. The number of hydrogen-bond donors (Lipinski definition) is 0. The van der Waals surface area contributed by atoms with E-state index >= 15 is 0 Å². The largest absolute Gasteiger partial charge is 0.0805 e. The molecule has 1 aromatic rings. The molecule has 0 spiro atoms. The number of allylic oxidation sites excluding steroid dienone is 5. The molecule has 0 aliphatic heterocycles. The SMILES string of the molecule is CC(/C=C\c1ccccc1)C1[CH]C=CC=C1. The van der Waals surface area contributed by atoms with E-state index in [4.69, 9.17) is 0 Å². The lowest BCUT2D eigenvalue weighted by molar-refractivity contribution is 0.587. The molecular weight excluding hydrogens is 192 g/mol. The topological polar surface area (TPSA) is 0 Å². The molecule has 1 radical (unpaired) electrons. The van der Waals surface area contributed by atoms with Crippen molar-refractivity contribution in [3.63, 3.8) is 0 Å². The minimum atomic E-state index is 0.532. The predicted octanol–water partition coefficient (Wildman–Crippen LogP) is 4.28. The summed E-state index contributed by atoms with van der Waals surface area (Å²) in [4.78, 5) is 0. The standard InChI is InChI=1S/C16H17/c1-14(16-10-6-3-7-11-16)12-13-15-8-4-2-5-9-15/h2-14,16H,1H3/b13-12-. The Bertz CT molecular complexity index is 395. The summed E-state index contributed by atoms with van der Waals surface area (Å²) in [7, 11) is 0. The van der Waals surface area contributed by atoms with E-state index in [0.717, 1.165) is 0 Å². The zero-order chi connectivity index (χ0) is 11.2. The molecule has 16 heavy (non-hydrogen) atoms. The number of hydrogen-bond acceptors (Lipinski definition) is 0. The molecule has 1 aromatic carbocycles. The van der Waals surface area contributed by atoms with Crippen LogP contribution in [0.3, 0.4) is 0 Å². The van der Waals surface area contributed by atoms with Gasteiger partial charge >= 0.3 is 0 Å². The minimum Gasteiger partial charge on any atom is -0.0805 e. The van der Waals surface area contributed by atoms with E-state index in [1.54, 1.807) is 0 Å². The molecular formula is C16H17. The molecule has 0 amide bonds. The highest BCUT2D eigenvalue weighted by molar-refractivity contribution is 5.49. The fourth-order valence-electron chi connectivity index (χ4n) is 1.82. The van der Waals surface area contributed by atoms with Gasteiger partial charge in [-0.3, -0.25) is 0 Å². The number of benzene rings is 1. The second-order valence-corrected chi connectivity index (χ2v) is 4.17. The Morgan fingerprint density at radius 1 is 1.06 bits per heavy atom. The van der Waals surface area contributed by atoms with Crippen molar-refractivity contribution in [3.8, 4) is 0 Å². The molecule has 0 fully saturated rings. The van der Waals surface area contributed by atoms with E-state index in [2.05, 4.69) is 74.1 Å². The van der Waals surface area contributed by atoms with Gasteiger partial charge in [-0.1, -0.05) is 73.7 Å². The van der Waals surface area contributed by atoms with Gasteiger partial charge in [0, 0.05) is 0 Å². The maximum Gasteiger partial charge on any atom is -0.00928 e. The van der Waals surface area contributed by atoms with Gasteiger partial charge in [0.15, 0.2) is 0 Å². The normalized spacial score (nSPS) is 21.4. The first-order valence-corrected chi connectivity index (χ1v) is 5.78. The summed E-state index contributed by atoms with van der Waals surface area (Å²) in [5.41, 5.74) is 1.27. The molecule has 0 bridgehead atoms. The van der Waals surface area contributed by atoms with Crippen molar-refractivity contribution in [2.75, 3.05) is 0 Å². The lowest BCUT2D eigenvalue weighted by Gasteiger charge is -2.17. The Labute approximate surface area is 98.0 Å². The van der Waals surface area contributed by atoms with Crippen LogP contribution < -0.4 is 0 Å². The van der Waals surface area contributed by atoms with E-state index in [1.165, 1.54) is 5.56 Å². The average Bonchev–Trinajstić information content (AvgIpc) is 2.38. The molecule has 0 heterocycles. The molecule has 0 saturated carbocycles. The number of rotatable bonds is 3. The van der Waals surface area contributed by atoms with Crippen molar-refractivity contribution in [2.45, 2.75) is 6.92 Å². The Hall–Kier alpha value is -1.56. The highest BCUT2D eigenvalue weighted by Crippen LogP contribution is 2.22. The van der Waals surface area contributed by atoms with Gasteiger partial charge in [-0.05, 0) is 23.8 Å². The molecule has 1 aliphatic rings. The first-order chi connectivity index (χ1) is 7.86. The zero-order valence-electron chi connectivity index (χ0n) is 9.58. The van der Waals surface area contributed by atoms with Crippen LogP contribution in [0.5, 0.6) is 0 Å². The molecule has 0 N–H and O–H groups in total. The van der Waals surface area contributed by atoms with Crippen LogP contribution in [-0.2, 0) is 0 Å². The summed E-state index contributed by atoms with van der Waals surface area (Å²) in [6.45, 7) is 2.25. The molecule has 2 unspecified atom stereocenters. The van der Waals surface area contributed by atoms with Crippen molar-refractivity contribution >= 4 is 6.08 Å². The molecule has 1 aliphatic carbocycles. The fourth-order valence-corrected chi connectivity index (χ4v) is 1.82. The molecule has 0 heteroatoms. The van der Waals surface area contributed by atoms with Gasteiger partial charge in [-0.15, -0.1) is 0 Å². The highest BCUT2D eigenvalue weighted by Gasteiger charge is 2.11. The first-order valence-electron chi connectivity index (χ1n) is 5.78. The second-order valence-electron chi connectivity index (χ2n) is 4.17. The van der Waals surface area contributed by atoms with Gasteiger partial charge in [0.25, 0.3) is 0 Å². The lowest BCUT2D eigenvalue weighted by atomic mass is 9.88. The van der Waals surface area contributed by atoms with Crippen molar-refractivity contribution < 1.29 is 0 Å². The first kappa shape index (κ1) is 10.9. The monoisotopic (exact) mass is 209 g/mol. The fraction of sp³-hybridized carbons (Fsp3) is 0.188. The van der Waals surface area contributed by atoms with Gasteiger partial charge in [-0.2, -0.15) is 0 Å². The smallest absolute Gasteiger partial charge is 0.00928 e. The zero-order valence-corrected chi connectivity index (χ0v) is 9.58. The van der Waals surface area contributed by atoms with Crippen LogP contribution in [0, 0.1) is 18.3 Å². The van der Waals surface area contributed by atoms with Crippen LogP contribution in [0.25, 0.3) is 6.08 Å². The minimum absolute atomic E-state index is 0.532. The van der Waals surface area contributed by atoms with Crippen LogP contribution in [0.15, 0.2) is 60.7 Å². The molecule has 81 valence electrons. The van der Waals surface area contributed by atoms with Gasteiger partial charge in [0.2, 0.25) is 0 Å². The van der Waals surface area contributed by atoms with Crippen LogP contribution in [-0.4, -0.2) is 0 Å². The van der Waals surface area contributed by atoms with E-state index in [1.807, 2.05) is 6.07 Å². The summed E-state index contributed by atoms with van der Waals surface area (Å²) < 4.78 is 0. The van der Waals surface area contributed by atoms with Crippen molar-refractivity contribution in [3.05, 3.63) is 72.7 Å². The quantitative estimate of drug-likeness (QED) is 0.697. The van der Waals surface area contributed by atoms with Gasteiger partial charge < -0.3 is 0 Å². The molecule has 0 nitrogen and oxygen atoms in total. The second kappa shape index (κ2) is 5.50. The summed E-state index contributed by atoms with van der Waals surface area (Å²) >= 11 is 0. The van der Waals surface area contributed by atoms with E-state index in [-0.39, 0.29) is 0 Å². The third kappa shape index (κ3) is 2.96. The van der Waals surface area contributed by atoms with Crippen molar-refractivity contribution in [1.29, 1.82) is 0 Å².